The van der Waals surface area contributed by atoms with Crippen LogP contribution in [0.5, 0.6) is 0 Å². The van der Waals surface area contributed by atoms with Crippen LogP contribution in [0.25, 0.3) is 0 Å². The molecule has 2 aliphatic rings. The molecule has 0 saturated carbocycles. The van der Waals surface area contributed by atoms with E-state index in [0.29, 0.717) is 0 Å². The fourth-order valence-corrected chi connectivity index (χ4v) is 3.08. The van der Waals surface area contributed by atoms with Gasteiger partial charge in [-0.05, 0) is 38.9 Å². The quantitative estimate of drug-likeness (QED) is 0.687. The molecule has 0 unspecified atom stereocenters. The average molecular weight is 267 g/mol. The third-order valence-electron chi connectivity index (χ3n) is 4.35. The number of hydrogen-bond donors (Lipinski definition) is 1. The molecule has 0 amide bonds. The van der Waals surface area contributed by atoms with Crippen LogP contribution in [-0.4, -0.2) is 79.5 Å². The molecule has 110 valence electrons. The molecular weight excluding hydrogens is 236 g/mol. The van der Waals surface area contributed by atoms with Crippen molar-refractivity contribution in [1.29, 1.82) is 0 Å². The third-order valence-corrected chi connectivity index (χ3v) is 4.35. The Labute approximate surface area is 118 Å². The number of likely N-dealkylation sites (tertiary alicyclic amines) is 1. The first-order valence-electron chi connectivity index (χ1n) is 8.10. The number of rotatable bonds is 7. The van der Waals surface area contributed by atoms with Crippen molar-refractivity contribution in [2.24, 2.45) is 5.73 Å². The van der Waals surface area contributed by atoms with Crippen molar-refractivity contribution in [3.63, 3.8) is 0 Å². The van der Waals surface area contributed by atoms with Gasteiger partial charge in [0.15, 0.2) is 12.8 Å². The van der Waals surface area contributed by atoms with Crippen molar-refractivity contribution < 1.29 is 4.58 Å². The Morgan fingerprint density at radius 3 is 2.42 bits per heavy atom. The second kappa shape index (κ2) is 8.67. The third kappa shape index (κ3) is 5.59. The van der Waals surface area contributed by atoms with Crippen LogP contribution in [0.1, 0.15) is 32.1 Å². The van der Waals surface area contributed by atoms with Crippen molar-refractivity contribution in [2.45, 2.75) is 32.1 Å². The largest absolute Gasteiger partial charge is 0.330 e. The first-order valence-corrected chi connectivity index (χ1v) is 8.10. The summed E-state index contributed by atoms with van der Waals surface area (Å²) in [5.74, 6) is 0. The van der Waals surface area contributed by atoms with Gasteiger partial charge in [-0.2, -0.15) is 0 Å². The van der Waals surface area contributed by atoms with Gasteiger partial charge in [-0.15, -0.1) is 0 Å². The second-order valence-electron chi connectivity index (χ2n) is 5.92. The summed E-state index contributed by atoms with van der Waals surface area (Å²) in [6, 6.07) is 0. The van der Waals surface area contributed by atoms with Gasteiger partial charge in [0, 0.05) is 19.5 Å². The Morgan fingerprint density at radius 2 is 1.74 bits per heavy atom. The zero-order chi connectivity index (χ0) is 13.3. The normalized spacial score (nSPS) is 22.5. The van der Waals surface area contributed by atoms with Gasteiger partial charge in [0.2, 0.25) is 0 Å². The predicted molar refractivity (Wildman–Crippen MR) is 81.1 cm³/mol. The van der Waals surface area contributed by atoms with E-state index in [2.05, 4.69) is 20.6 Å². The van der Waals surface area contributed by atoms with Gasteiger partial charge < -0.3 is 10.6 Å². The van der Waals surface area contributed by atoms with E-state index in [1.54, 1.807) is 0 Å². The lowest BCUT2D eigenvalue weighted by Crippen LogP contribution is -2.41. The van der Waals surface area contributed by atoms with Gasteiger partial charge in [0.1, 0.15) is 6.54 Å². The molecule has 1 fully saturated rings. The van der Waals surface area contributed by atoms with E-state index < -0.39 is 0 Å². The Hall–Kier alpha value is -0.450. The summed E-state index contributed by atoms with van der Waals surface area (Å²) in [6.07, 6.45) is 9.09. The average Bonchev–Trinajstić information content (AvgIpc) is 2.47. The summed E-state index contributed by atoms with van der Waals surface area (Å²) in [6.45, 7) is 10.7. The SMILES string of the molecule is NCCCN1CC=[N+](CCCN2CCCCC2)CC1. The molecule has 1 saturated heterocycles. The van der Waals surface area contributed by atoms with Crippen molar-refractivity contribution in [2.75, 3.05) is 58.9 Å². The van der Waals surface area contributed by atoms with Gasteiger partial charge in [0.05, 0.1) is 13.1 Å². The topological polar surface area (TPSA) is 35.5 Å². The van der Waals surface area contributed by atoms with E-state index in [1.807, 2.05) is 0 Å². The van der Waals surface area contributed by atoms with Crippen LogP contribution in [0, 0.1) is 0 Å². The van der Waals surface area contributed by atoms with E-state index in [4.69, 9.17) is 5.73 Å². The summed E-state index contributed by atoms with van der Waals surface area (Å²) >= 11 is 0. The highest BCUT2D eigenvalue weighted by molar-refractivity contribution is 5.54. The lowest BCUT2D eigenvalue weighted by molar-refractivity contribution is -0.529. The van der Waals surface area contributed by atoms with Gasteiger partial charge in [0.25, 0.3) is 0 Å². The second-order valence-corrected chi connectivity index (χ2v) is 5.92. The van der Waals surface area contributed by atoms with Gasteiger partial charge in [-0.3, -0.25) is 4.90 Å². The first kappa shape index (κ1) is 14.9. The van der Waals surface area contributed by atoms with Crippen LogP contribution in [-0.2, 0) is 0 Å². The smallest absolute Gasteiger partial charge is 0.155 e. The summed E-state index contributed by atoms with van der Waals surface area (Å²) in [4.78, 5) is 5.15. The zero-order valence-electron chi connectivity index (χ0n) is 12.4. The highest BCUT2D eigenvalue weighted by Crippen LogP contribution is 2.08. The standard InChI is InChI=1S/C15H31N4/c16-6-4-9-18-12-14-19(15-13-18)11-5-10-17-7-2-1-3-8-17/h14H,1-13,15-16H2/q+1. The van der Waals surface area contributed by atoms with E-state index in [1.165, 1.54) is 65.0 Å². The Balaban J connectivity index is 1.57. The maximum atomic E-state index is 5.56. The minimum atomic E-state index is 0.816. The summed E-state index contributed by atoms with van der Waals surface area (Å²) < 4.78 is 2.52. The molecule has 0 aromatic heterocycles. The molecule has 19 heavy (non-hydrogen) atoms. The van der Waals surface area contributed by atoms with Crippen molar-refractivity contribution in [1.82, 2.24) is 9.80 Å². The molecule has 2 rings (SSSR count). The van der Waals surface area contributed by atoms with Crippen molar-refractivity contribution in [3.05, 3.63) is 0 Å². The maximum absolute atomic E-state index is 5.56. The molecule has 0 aromatic rings. The molecule has 0 radical (unpaired) electrons. The lowest BCUT2D eigenvalue weighted by atomic mass is 10.1. The van der Waals surface area contributed by atoms with E-state index in [0.717, 1.165) is 26.1 Å². The number of nitrogens with zero attached hydrogens (tertiary/aromatic N) is 3. The molecule has 0 aliphatic carbocycles. The number of piperidine rings is 1. The zero-order valence-corrected chi connectivity index (χ0v) is 12.4. The summed E-state index contributed by atoms with van der Waals surface area (Å²) in [5, 5.41) is 0. The van der Waals surface area contributed by atoms with Crippen LogP contribution < -0.4 is 5.73 Å². The van der Waals surface area contributed by atoms with Crippen molar-refractivity contribution >= 4 is 6.21 Å². The van der Waals surface area contributed by atoms with Gasteiger partial charge >= 0.3 is 0 Å². The van der Waals surface area contributed by atoms with Gasteiger partial charge in [-0.25, -0.2) is 4.58 Å². The van der Waals surface area contributed by atoms with E-state index in [9.17, 15) is 0 Å². The molecular formula is C15H31N4+. The molecule has 2 aliphatic heterocycles. The molecule has 4 heteroatoms. The molecule has 0 bridgehead atoms. The Bertz CT molecular complexity index is 271. The molecule has 0 atom stereocenters. The van der Waals surface area contributed by atoms with Crippen LogP contribution >= 0.6 is 0 Å². The minimum Gasteiger partial charge on any atom is -0.330 e. The Kier molecular flexibility index (Phi) is 6.82. The monoisotopic (exact) mass is 267 g/mol. The van der Waals surface area contributed by atoms with Crippen molar-refractivity contribution in [3.8, 4) is 0 Å². The maximum Gasteiger partial charge on any atom is 0.155 e. The minimum absolute atomic E-state index is 0.816. The lowest BCUT2D eigenvalue weighted by Gasteiger charge is -2.26. The highest BCUT2D eigenvalue weighted by Gasteiger charge is 2.16. The van der Waals surface area contributed by atoms with Crippen LogP contribution in [0.4, 0.5) is 0 Å². The molecule has 0 spiro atoms. The summed E-state index contributed by atoms with van der Waals surface area (Å²) in [5.41, 5.74) is 5.56. The van der Waals surface area contributed by atoms with Crippen LogP contribution in [0.15, 0.2) is 0 Å². The fourth-order valence-electron chi connectivity index (χ4n) is 3.08. The Morgan fingerprint density at radius 1 is 0.947 bits per heavy atom. The van der Waals surface area contributed by atoms with Crippen LogP contribution in [0.2, 0.25) is 0 Å². The van der Waals surface area contributed by atoms with E-state index in [-0.39, 0.29) is 0 Å². The summed E-state index contributed by atoms with van der Waals surface area (Å²) in [7, 11) is 0. The molecule has 2 heterocycles. The molecule has 2 N–H and O–H groups in total. The predicted octanol–water partition coefficient (Wildman–Crippen LogP) is 0.610. The number of hydrogen-bond acceptors (Lipinski definition) is 3. The van der Waals surface area contributed by atoms with Gasteiger partial charge in [-0.1, -0.05) is 6.42 Å². The number of nitrogens with two attached hydrogens (primary N) is 1. The molecule has 0 aromatic carbocycles. The van der Waals surface area contributed by atoms with E-state index >= 15 is 0 Å². The first-order chi connectivity index (χ1) is 9.38. The fraction of sp³-hybridized carbons (Fsp3) is 0.933. The molecule has 4 nitrogen and oxygen atoms in total. The highest BCUT2D eigenvalue weighted by atomic mass is 15.2. The van der Waals surface area contributed by atoms with Crippen LogP contribution in [0.3, 0.4) is 0 Å².